The van der Waals surface area contributed by atoms with Crippen LogP contribution in [-0.2, 0) is 15.8 Å². The van der Waals surface area contributed by atoms with Crippen LogP contribution < -0.4 is 19.7 Å². The van der Waals surface area contributed by atoms with Crippen molar-refractivity contribution < 1.29 is 37.0 Å². The molecule has 0 bridgehead atoms. The van der Waals surface area contributed by atoms with Crippen LogP contribution in [0.1, 0.15) is 11.1 Å². The van der Waals surface area contributed by atoms with Crippen molar-refractivity contribution in [3.63, 3.8) is 0 Å². The molecule has 34 heavy (non-hydrogen) atoms. The minimum Gasteiger partial charge on any atom is -0.493 e. The molecule has 1 saturated heterocycles. The van der Waals surface area contributed by atoms with Gasteiger partial charge in [0.1, 0.15) is 12.2 Å². The van der Waals surface area contributed by atoms with Gasteiger partial charge in [0.05, 0.1) is 27.0 Å². The number of hydrogen-bond donors (Lipinski definition) is 1. The van der Waals surface area contributed by atoms with Crippen LogP contribution in [0.3, 0.4) is 0 Å². The van der Waals surface area contributed by atoms with Crippen LogP contribution >= 0.6 is 34.2 Å². The number of hydrogen-bond acceptors (Lipinski definition) is 5. The maximum absolute atomic E-state index is 13.2. The Morgan fingerprint density at radius 2 is 1.94 bits per heavy atom. The molecule has 0 unspecified atom stereocenters. The second-order valence-electron chi connectivity index (χ2n) is 6.65. The predicted molar refractivity (Wildman–Crippen MR) is 125 cm³/mol. The van der Waals surface area contributed by atoms with Crippen LogP contribution in [0.25, 0.3) is 6.08 Å². The van der Waals surface area contributed by atoms with Crippen molar-refractivity contribution in [2.75, 3.05) is 18.6 Å². The van der Waals surface area contributed by atoms with E-state index < -0.39 is 40.8 Å². The number of amides is 4. The first kappa shape index (κ1) is 25.4. The molecule has 1 heterocycles. The molecule has 0 aromatic heterocycles. The zero-order valence-corrected chi connectivity index (χ0v) is 20.0. The first-order valence-corrected chi connectivity index (χ1v) is 10.7. The molecule has 4 amide bonds. The normalized spacial score (nSPS) is 15.3. The molecule has 1 N–H and O–H groups in total. The standard InChI is InChI=1S/C22H13ClF3IN2O5/c1-3-6-34-18-15(27)8-11(9-17(18)33-2)7-13-19(30)28-21(32)29(20(13)31)16-10-12(22(24,25)26)4-5-14(16)23/h1,4-5,7-10H,6H2,2H3,(H,28,30,32)/b13-7-. The molecular formula is C22H13ClF3IN2O5. The fourth-order valence-corrected chi connectivity index (χ4v) is 3.96. The first-order valence-electron chi connectivity index (χ1n) is 9.20. The number of barbiturate groups is 1. The van der Waals surface area contributed by atoms with E-state index in [1.54, 1.807) is 6.07 Å². The number of imide groups is 2. The van der Waals surface area contributed by atoms with E-state index in [0.29, 0.717) is 31.9 Å². The number of terminal acetylenes is 1. The molecular weight excluding hydrogens is 592 g/mol. The van der Waals surface area contributed by atoms with E-state index >= 15 is 0 Å². The second kappa shape index (κ2) is 9.94. The molecule has 2 aromatic carbocycles. The van der Waals surface area contributed by atoms with Gasteiger partial charge in [0.2, 0.25) is 0 Å². The van der Waals surface area contributed by atoms with E-state index in [0.717, 1.165) is 12.1 Å². The number of nitrogens with zero attached hydrogens (tertiary/aromatic N) is 1. The summed E-state index contributed by atoms with van der Waals surface area (Å²) in [4.78, 5) is 38.2. The van der Waals surface area contributed by atoms with Gasteiger partial charge >= 0.3 is 12.2 Å². The number of carbonyl (C=O) groups excluding carboxylic acids is 3. The Bertz CT molecular complexity index is 1270. The molecule has 1 fully saturated rings. The van der Waals surface area contributed by atoms with Crippen LogP contribution in [-0.4, -0.2) is 31.6 Å². The molecule has 1 aliphatic heterocycles. The summed E-state index contributed by atoms with van der Waals surface area (Å²) >= 11 is 7.92. The summed E-state index contributed by atoms with van der Waals surface area (Å²) < 4.78 is 50.7. The zero-order valence-electron chi connectivity index (χ0n) is 17.1. The van der Waals surface area contributed by atoms with Crippen LogP contribution in [0.4, 0.5) is 23.7 Å². The highest BCUT2D eigenvalue weighted by Crippen LogP contribution is 2.37. The quantitative estimate of drug-likeness (QED) is 0.233. The number of ether oxygens (including phenoxy) is 2. The van der Waals surface area contributed by atoms with Gasteiger partial charge in [0, 0.05) is 0 Å². The predicted octanol–water partition coefficient (Wildman–Crippen LogP) is 4.65. The smallest absolute Gasteiger partial charge is 0.416 e. The highest BCUT2D eigenvalue weighted by molar-refractivity contribution is 14.1. The SMILES string of the molecule is C#CCOc1c(I)cc(/C=C2/C(=O)NC(=O)N(c3cc(C(F)(F)F)ccc3Cl)C2=O)cc1OC. The molecule has 0 aliphatic carbocycles. The molecule has 176 valence electrons. The van der Waals surface area contributed by atoms with Gasteiger partial charge in [-0.2, -0.15) is 13.2 Å². The minimum atomic E-state index is -4.75. The van der Waals surface area contributed by atoms with Crippen LogP contribution in [0.15, 0.2) is 35.9 Å². The molecule has 2 aromatic rings. The molecule has 0 atom stereocenters. The maximum atomic E-state index is 13.2. The largest absolute Gasteiger partial charge is 0.493 e. The highest BCUT2D eigenvalue weighted by atomic mass is 127. The lowest BCUT2D eigenvalue weighted by Gasteiger charge is -2.27. The Hall–Kier alpha value is -3.24. The fourth-order valence-electron chi connectivity index (χ4n) is 2.98. The fraction of sp³-hybridized carbons (Fsp3) is 0.136. The van der Waals surface area contributed by atoms with E-state index in [2.05, 4.69) is 5.92 Å². The number of alkyl halides is 3. The van der Waals surface area contributed by atoms with Crippen molar-refractivity contribution in [1.29, 1.82) is 0 Å². The Morgan fingerprint density at radius 3 is 2.56 bits per heavy atom. The van der Waals surface area contributed by atoms with Gasteiger partial charge in [-0.1, -0.05) is 17.5 Å². The van der Waals surface area contributed by atoms with Gasteiger partial charge < -0.3 is 9.47 Å². The van der Waals surface area contributed by atoms with Gasteiger partial charge in [-0.25, -0.2) is 9.69 Å². The first-order chi connectivity index (χ1) is 16.0. The van der Waals surface area contributed by atoms with E-state index in [1.165, 1.54) is 13.2 Å². The van der Waals surface area contributed by atoms with Crippen molar-refractivity contribution in [2.45, 2.75) is 6.18 Å². The zero-order chi connectivity index (χ0) is 25.2. The average Bonchev–Trinajstić information content (AvgIpc) is 2.75. The lowest BCUT2D eigenvalue weighted by molar-refractivity contribution is -0.137. The van der Waals surface area contributed by atoms with Crippen LogP contribution in [0.5, 0.6) is 11.5 Å². The van der Waals surface area contributed by atoms with Crippen molar-refractivity contribution >= 4 is 63.8 Å². The monoisotopic (exact) mass is 604 g/mol. The molecule has 7 nitrogen and oxygen atoms in total. The maximum Gasteiger partial charge on any atom is 0.416 e. The summed E-state index contributed by atoms with van der Waals surface area (Å²) in [5.74, 6) is 0.731. The Balaban J connectivity index is 2.07. The molecule has 0 saturated carbocycles. The van der Waals surface area contributed by atoms with Crippen molar-refractivity contribution in [3.8, 4) is 23.8 Å². The third-order valence-electron chi connectivity index (χ3n) is 4.48. The number of anilines is 1. The third-order valence-corrected chi connectivity index (χ3v) is 5.60. The summed E-state index contributed by atoms with van der Waals surface area (Å²) in [5, 5.41) is 1.64. The van der Waals surface area contributed by atoms with Crippen molar-refractivity contribution in [3.05, 3.63) is 55.6 Å². The number of urea groups is 1. The lowest BCUT2D eigenvalue weighted by Crippen LogP contribution is -2.54. The average molecular weight is 605 g/mol. The number of carbonyl (C=O) groups is 3. The number of rotatable bonds is 5. The van der Waals surface area contributed by atoms with Crippen LogP contribution in [0.2, 0.25) is 5.02 Å². The summed E-state index contributed by atoms with van der Waals surface area (Å²) in [7, 11) is 1.37. The molecule has 1 aliphatic rings. The lowest BCUT2D eigenvalue weighted by atomic mass is 10.1. The Labute approximate surface area is 210 Å². The topological polar surface area (TPSA) is 84.9 Å². The number of benzene rings is 2. The minimum absolute atomic E-state index is 0.0253. The van der Waals surface area contributed by atoms with Gasteiger partial charge in [0.15, 0.2) is 11.5 Å². The molecule has 12 heteroatoms. The van der Waals surface area contributed by atoms with Gasteiger partial charge in [-0.3, -0.25) is 14.9 Å². The molecule has 0 spiro atoms. The summed E-state index contributed by atoms with van der Waals surface area (Å²) in [6, 6.07) is 3.94. The number of nitrogens with one attached hydrogen (secondary N) is 1. The van der Waals surface area contributed by atoms with Crippen molar-refractivity contribution in [2.24, 2.45) is 0 Å². The summed E-state index contributed by atoms with van der Waals surface area (Å²) in [5.41, 5.74) is -1.85. The summed E-state index contributed by atoms with van der Waals surface area (Å²) in [6.45, 7) is -0.0253. The molecule has 3 rings (SSSR count). The van der Waals surface area contributed by atoms with Gasteiger partial charge in [0.25, 0.3) is 11.8 Å². The summed E-state index contributed by atoms with van der Waals surface area (Å²) in [6.07, 6.45) is 1.61. The van der Waals surface area contributed by atoms with E-state index in [1.807, 2.05) is 27.9 Å². The van der Waals surface area contributed by atoms with E-state index in [9.17, 15) is 27.6 Å². The Morgan fingerprint density at radius 1 is 1.24 bits per heavy atom. The van der Waals surface area contributed by atoms with E-state index in [-0.39, 0.29) is 17.4 Å². The second-order valence-corrected chi connectivity index (χ2v) is 8.22. The number of methoxy groups -OCH3 is 1. The third kappa shape index (κ3) is 5.13. The van der Waals surface area contributed by atoms with Crippen molar-refractivity contribution in [1.82, 2.24) is 5.32 Å². The van der Waals surface area contributed by atoms with Crippen LogP contribution in [0, 0.1) is 15.9 Å². The van der Waals surface area contributed by atoms with E-state index in [4.69, 9.17) is 27.5 Å². The number of halogens is 5. The van der Waals surface area contributed by atoms with Gasteiger partial charge in [-0.15, -0.1) is 6.42 Å². The van der Waals surface area contributed by atoms with Gasteiger partial charge in [-0.05, 0) is 64.6 Å². The Kier molecular flexibility index (Phi) is 7.42. The molecule has 0 radical (unpaired) electrons. The highest BCUT2D eigenvalue weighted by Gasteiger charge is 2.39.